The maximum Gasteiger partial charge on any atom is 0.282 e. The van der Waals surface area contributed by atoms with Crippen molar-refractivity contribution in [3.8, 4) is 5.75 Å². The van der Waals surface area contributed by atoms with Crippen LogP contribution in [0.2, 0.25) is 0 Å². The van der Waals surface area contributed by atoms with E-state index < -0.39 is 0 Å². The molecule has 1 aliphatic rings. The van der Waals surface area contributed by atoms with E-state index in [1.165, 1.54) is 4.90 Å². The third-order valence-corrected chi connectivity index (χ3v) is 5.35. The number of aryl methyl sites for hydroxylation is 2. The molecule has 2 aromatic carbocycles. The first kappa shape index (κ1) is 23.5. The lowest BCUT2D eigenvalue weighted by Gasteiger charge is -2.25. The number of benzene rings is 2. The van der Waals surface area contributed by atoms with Gasteiger partial charge in [-0.3, -0.25) is 9.59 Å². The molecular weight excluding hydrogens is 408 g/mol. The third-order valence-electron chi connectivity index (χ3n) is 5.35. The standard InChI is InChI=1S/C25H30N2O5/c1-17-14-18(2)16-20(15-17)27-24(28)22(19-6-8-21(32-5)9-7-19)23(25(27)29)26(10-12-30-3)11-13-31-4/h6-9,14-16H,10-13H2,1-5H3. The number of amides is 2. The summed E-state index contributed by atoms with van der Waals surface area (Å²) in [6.07, 6.45) is 0. The molecule has 0 atom stereocenters. The number of methoxy groups -OCH3 is 3. The number of carbonyl (C=O) groups excluding carboxylic acids is 2. The Morgan fingerprint density at radius 1 is 0.812 bits per heavy atom. The lowest BCUT2D eigenvalue weighted by Crippen LogP contribution is -2.37. The van der Waals surface area contributed by atoms with Crippen molar-refractivity contribution in [3.63, 3.8) is 0 Å². The van der Waals surface area contributed by atoms with Crippen molar-refractivity contribution < 1.29 is 23.8 Å². The highest BCUT2D eigenvalue weighted by Gasteiger charge is 2.42. The van der Waals surface area contributed by atoms with Crippen LogP contribution in [0.25, 0.3) is 5.57 Å². The number of imide groups is 1. The van der Waals surface area contributed by atoms with Crippen LogP contribution in [0.5, 0.6) is 5.75 Å². The Morgan fingerprint density at radius 3 is 1.88 bits per heavy atom. The molecule has 0 aromatic heterocycles. The summed E-state index contributed by atoms with van der Waals surface area (Å²) in [6.45, 7) is 5.62. The third kappa shape index (κ3) is 4.84. The molecule has 0 N–H and O–H groups in total. The quantitative estimate of drug-likeness (QED) is 0.531. The number of rotatable bonds is 10. The fraction of sp³-hybridized carbons (Fsp3) is 0.360. The maximum absolute atomic E-state index is 13.7. The van der Waals surface area contributed by atoms with Crippen LogP contribution in [0, 0.1) is 13.8 Å². The highest BCUT2D eigenvalue weighted by atomic mass is 16.5. The molecule has 3 rings (SSSR count). The molecule has 170 valence electrons. The van der Waals surface area contributed by atoms with Crippen molar-refractivity contribution in [2.45, 2.75) is 13.8 Å². The summed E-state index contributed by atoms with van der Waals surface area (Å²) < 4.78 is 15.8. The Hall–Kier alpha value is -3.16. The van der Waals surface area contributed by atoms with Crippen molar-refractivity contribution in [2.24, 2.45) is 0 Å². The number of hydrogen-bond acceptors (Lipinski definition) is 6. The lowest BCUT2D eigenvalue weighted by molar-refractivity contribution is -0.120. The van der Waals surface area contributed by atoms with Gasteiger partial charge >= 0.3 is 0 Å². The predicted molar refractivity (Wildman–Crippen MR) is 124 cm³/mol. The summed E-state index contributed by atoms with van der Waals surface area (Å²) in [5.74, 6) is -0.0208. The van der Waals surface area contributed by atoms with E-state index in [1.54, 1.807) is 45.6 Å². The summed E-state index contributed by atoms with van der Waals surface area (Å²) in [6, 6.07) is 12.9. The van der Waals surface area contributed by atoms with Gasteiger partial charge in [0.15, 0.2) is 0 Å². The van der Waals surface area contributed by atoms with Crippen LogP contribution in [-0.2, 0) is 19.1 Å². The molecule has 0 fully saturated rings. The van der Waals surface area contributed by atoms with Crippen LogP contribution in [0.1, 0.15) is 16.7 Å². The zero-order chi connectivity index (χ0) is 23.3. The van der Waals surface area contributed by atoms with Crippen LogP contribution in [0.4, 0.5) is 5.69 Å². The summed E-state index contributed by atoms with van der Waals surface area (Å²) >= 11 is 0. The van der Waals surface area contributed by atoms with Gasteiger partial charge in [-0.2, -0.15) is 0 Å². The Kier molecular flexibility index (Phi) is 7.66. The van der Waals surface area contributed by atoms with Crippen molar-refractivity contribution in [3.05, 3.63) is 64.9 Å². The topological polar surface area (TPSA) is 68.3 Å². The fourth-order valence-corrected chi connectivity index (χ4v) is 3.88. The Morgan fingerprint density at radius 2 is 1.38 bits per heavy atom. The maximum atomic E-state index is 13.7. The Bertz CT molecular complexity index is 985. The number of ether oxygens (including phenoxy) is 3. The van der Waals surface area contributed by atoms with Crippen LogP contribution in [0.15, 0.2) is 48.2 Å². The Balaban J connectivity index is 2.14. The van der Waals surface area contributed by atoms with Crippen molar-refractivity contribution in [1.29, 1.82) is 0 Å². The molecular formula is C25H30N2O5. The predicted octanol–water partition coefficient (Wildman–Crippen LogP) is 3.19. The minimum atomic E-state index is -0.349. The summed E-state index contributed by atoms with van der Waals surface area (Å²) in [5, 5.41) is 0. The van der Waals surface area contributed by atoms with Gasteiger partial charge in [0.1, 0.15) is 11.4 Å². The van der Waals surface area contributed by atoms with Gasteiger partial charge in [0.25, 0.3) is 11.8 Å². The molecule has 1 heterocycles. The number of carbonyl (C=O) groups is 2. The highest BCUT2D eigenvalue weighted by Crippen LogP contribution is 2.36. The van der Waals surface area contributed by atoms with E-state index in [4.69, 9.17) is 14.2 Å². The summed E-state index contributed by atoms with van der Waals surface area (Å²) in [7, 11) is 4.80. The zero-order valence-electron chi connectivity index (χ0n) is 19.3. The van der Waals surface area contributed by atoms with Gasteiger partial charge in [0, 0.05) is 27.3 Å². The minimum absolute atomic E-state index is 0.347. The summed E-state index contributed by atoms with van der Waals surface area (Å²) in [4.78, 5) is 30.5. The van der Waals surface area contributed by atoms with Crippen LogP contribution in [0.3, 0.4) is 0 Å². The monoisotopic (exact) mass is 438 g/mol. The Labute approximate surface area is 189 Å². The average Bonchev–Trinajstić information content (AvgIpc) is 3.03. The average molecular weight is 439 g/mol. The largest absolute Gasteiger partial charge is 0.497 e. The molecule has 7 nitrogen and oxygen atoms in total. The van der Waals surface area contributed by atoms with Gasteiger partial charge in [-0.1, -0.05) is 18.2 Å². The second kappa shape index (κ2) is 10.4. The van der Waals surface area contributed by atoms with Crippen molar-refractivity contribution in [1.82, 2.24) is 4.90 Å². The second-order valence-corrected chi connectivity index (χ2v) is 7.72. The van der Waals surface area contributed by atoms with Gasteiger partial charge in [0.05, 0.1) is 31.6 Å². The van der Waals surface area contributed by atoms with Crippen LogP contribution in [-0.4, -0.2) is 64.3 Å². The highest BCUT2D eigenvalue weighted by molar-refractivity contribution is 6.45. The SMILES string of the molecule is COCCN(CCOC)C1=C(c2ccc(OC)cc2)C(=O)N(c2cc(C)cc(C)c2)C1=O. The normalized spacial score (nSPS) is 13.8. The first-order chi connectivity index (χ1) is 15.4. The van der Waals surface area contributed by atoms with E-state index in [0.29, 0.717) is 54.6 Å². The molecule has 2 amide bonds. The van der Waals surface area contributed by atoms with Gasteiger partial charge in [-0.05, 0) is 54.8 Å². The minimum Gasteiger partial charge on any atom is -0.497 e. The molecule has 0 spiro atoms. The van der Waals surface area contributed by atoms with Crippen molar-refractivity contribution >= 4 is 23.1 Å². The van der Waals surface area contributed by atoms with Gasteiger partial charge in [0.2, 0.25) is 0 Å². The van der Waals surface area contributed by atoms with E-state index in [2.05, 4.69) is 0 Å². The van der Waals surface area contributed by atoms with E-state index in [1.807, 2.05) is 36.9 Å². The molecule has 0 aliphatic carbocycles. The number of nitrogens with zero attached hydrogens (tertiary/aromatic N) is 2. The van der Waals surface area contributed by atoms with Crippen LogP contribution < -0.4 is 9.64 Å². The molecule has 7 heteroatoms. The smallest absolute Gasteiger partial charge is 0.282 e. The fourth-order valence-electron chi connectivity index (χ4n) is 3.88. The molecule has 32 heavy (non-hydrogen) atoms. The van der Waals surface area contributed by atoms with Crippen molar-refractivity contribution in [2.75, 3.05) is 52.5 Å². The van der Waals surface area contributed by atoms with Gasteiger partial charge in [-0.15, -0.1) is 0 Å². The van der Waals surface area contributed by atoms with Gasteiger partial charge in [-0.25, -0.2) is 4.90 Å². The van der Waals surface area contributed by atoms with E-state index >= 15 is 0 Å². The summed E-state index contributed by atoms with van der Waals surface area (Å²) in [5.41, 5.74) is 3.91. The first-order valence-electron chi connectivity index (χ1n) is 10.5. The van der Waals surface area contributed by atoms with E-state index in [0.717, 1.165) is 11.1 Å². The second-order valence-electron chi connectivity index (χ2n) is 7.72. The molecule has 0 saturated heterocycles. The zero-order valence-corrected chi connectivity index (χ0v) is 19.3. The molecule has 1 aliphatic heterocycles. The number of anilines is 1. The molecule has 0 radical (unpaired) electrons. The number of hydrogen-bond donors (Lipinski definition) is 0. The van der Waals surface area contributed by atoms with Gasteiger partial charge < -0.3 is 19.1 Å². The van der Waals surface area contributed by atoms with E-state index in [-0.39, 0.29) is 11.8 Å². The molecule has 0 unspecified atom stereocenters. The molecule has 0 saturated carbocycles. The lowest BCUT2D eigenvalue weighted by atomic mass is 10.0. The molecule has 0 bridgehead atoms. The van der Waals surface area contributed by atoms with Crippen LogP contribution >= 0.6 is 0 Å². The molecule has 2 aromatic rings. The van der Waals surface area contributed by atoms with E-state index in [9.17, 15) is 9.59 Å². The first-order valence-corrected chi connectivity index (χ1v) is 10.5.